The number of pyridine rings is 1. The van der Waals surface area contributed by atoms with E-state index in [1.165, 1.54) is 4.31 Å². The molecule has 0 aliphatic heterocycles. The third-order valence-electron chi connectivity index (χ3n) is 2.96. The van der Waals surface area contributed by atoms with Crippen LogP contribution in [0.4, 0.5) is 5.82 Å². The van der Waals surface area contributed by atoms with Crippen LogP contribution in [0, 0.1) is 0 Å². The molecule has 0 spiro atoms. The van der Waals surface area contributed by atoms with Gasteiger partial charge in [0.1, 0.15) is 5.82 Å². The molecule has 0 amide bonds. The molecule has 0 radical (unpaired) electrons. The van der Waals surface area contributed by atoms with Crippen molar-refractivity contribution in [2.75, 3.05) is 32.6 Å². The molecular formula is C13H24N4O2S. The van der Waals surface area contributed by atoms with Gasteiger partial charge in [0.15, 0.2) is 0 Å². The van der Waals surface area contributed by atoms with Gasteiger partial charge in [-0.2, -0.15) is 17.4 Å². The quantitative estimate of drug-likeness (QED) is 0.784. The van der Waals surface area contributed by atoms with E-state index in [1.54, 1.807) is 13.2 Å². The summed E-state index contributed by atoms with van der Waals surface area (Å²) in [6.45, 7) is 2.81. The number of nitrogens with one attached hydrogen (secondary N) is 1. The van der Waals surface area contributed by atoms with Crippen molar-refractivity contribution in [2.24, 2.45) is 0 Å². The van der Waals surface area contributed by atoms with Gasteiger partial charge in [-0.3, -0.25) is 0 Å². The molecule has 0 atom stereocenters. The van der Waals surface area contributed by atoms with Crippen molar-refractivity contribution in [1.29, 1.82) is 0 Å². The van der Waals surface area contributed by atoms with Crippen LogP contribution in [0.5, 0.6) is 0 Å². The van der Waals surface area contributed by atoms with Gasteiger partial charge < -0.3 is 4.90 Å². The molecule has 20 heavy (non-hydrogen) atoms. The van der Waals surface area contributed by atoms with Crippen LogP contribution in [-0.4, -0.2) is 45.4 Å². The first-order chi connectivity index (χ1) is 9.36. The van der Waals surface area contributed by atoms with Crippen LogP contribution in [0.15, 0.2) is 18.3 Å². The van der Waals surface area contributed by atoms with Gasteiger partial charge >= 0.3 is 0 Å². The molecule has 1 rings (SSSR count). The highest BCUT2D eigenvalue weighted by atomic mass is 32.2. The molecule has 0 aromatic carbocycles. The highest BCUT2D eigenvalue weighted by Gasteiger charge is 2.16. The van der Waals surface area contributed by atoms with Crippen molar-refractivity contribution in [3.63, 3.8) is 0 Å². The standard InChI is InChI=1S/C13H24N4O2S/c1-5-6-9-17(4)20(18,19)15-11-12-7-8-13(14-10-12)16(2)3/h7-8,10,15H,5-6,9,11H2,1-4H3. The molecule has 1 aromatic heterocycles. The minimum atomic E-state index is -3.41. The maximum absolute atomic E-state index is 12.0. The lowest BCUT2D eigenvalue weighted by Crippen LogP contribution is -2.38. The Kier molecular flexibility index (Phi) is 6.38. The van der Waals surface area contributed by atoms with Gasteiger partial charge in [-0.05, 0) is 18.1 Å². The highest BCUT2D eigenvalue weighted by molar-refractivity contribution is 7.87. The Bertz CT molecular complexity index is 500. The fourth-order valence-electron chi connectivity index (χ4n) is 1.57. The molecule has 0 aliphatic carbocycles. The summed E-state index contributed by atoms with van der Waals surface area (Å²) < 4.78 is 27.9. The van der Waals surface area contributed by atoms with E-state index in [-0.39, 0.29) is 6.54 Å². The summed E-state index contributed by atoms with van der Waals surface area (Å²) in [5, 5.41) is 0. The molecule has 0 saturated heterocycles. The molecule has 1 aromatic rings. The van der Waals surface area contributed by atoms with Gasteiger partial charge in [-0.25, -0.2) is 4.98 Å². The van der Waals surface area contributed by atoms with Gasteiger partial charge in [0.05, 0.1) is 0 Å². The number of anilines is 1. The Morgan fingerprint density at radius 2 is 1.95 bits per heavy atom. The normalized spacial score (nSPS) is 11.8. The number of rotatable bonds is 8. The van der Waals surface area contributed by atoms with Crippen molar-refractivity contribution in [3.05, 3.63) is 23.9 Å². The molecule has 0 bridgehead atoms. The van der Waals surface area contributed by atoms with Crippen LogP contribution in [-0.2, 0) is 16.8 Å². The average Bonchev–Trinajstić information content (AvgIpc) is 2.43. The van der Waals surface area contributed by atoms with E-state index in [1.807, 2.05) is 38.1 Å². The van der Waals surface area contributed by atoms with Crippen molar-refractivity contribution >= 4 is 16.0 Å². The lowest BCUT2D eigenvalue weighted by atomic mass is 10.3. The molecule has 7 heteroatoms. The first kappa shape index (κ1) is 16.9. The molecule has 0 saturated carbocycles. The molecule has 0 aliphatic rings. The molecule has 1 heterocycles. The van der Waals surface area contributed by atoms with Crippen LogP contribution < -0.4 is 9.62 Å². The van der Waals surface area contributed by atoms with E-state index in [0.29, 0.717) is 6.54 Å². The van der Waals surface area contributed by atoms with E-state index < -0.39 is 10.2 Å². The summed E-state index contributed by atoms with van der Waals surface area (Å²) >= 11 is 0. The monoisotopic (exact) mass is 300 g/mol. The summed E-state index contributed by atoms with van der Waals surface area (Å²) in [5.41, 5.74) is 0.836. The summed E-state index contributed by atoms with van der Waals surface area (Å²) in [6.07, 6.45) is 3.51. The third kappa shape index (κ3) is 5.07. The fraction of sp³-hybridized carbons (Fsp3) is 0.615. The number of hydrogen-bond donors (Lipinski definition) is 1. The van der Waals surface area contributed by atoms with Gasteiger partial charge in [0, 0.05) is 40.4 Å². The molecule has 114 valence electrons. The maximum atomic E-state index is 12.0. The molecule has 0 fully saturated rings. The summed E-state index contributed by atoms with van der Waals surface area (Å²) in [7, 11) is 2.00. The van der Waals surface area contributed by atoms with Gasteiger partial charge in [0.25, 0.3) is 10.2 Å². The highest BCUT2D eigenvalue weighted by Crippen LogP contribution is 2.08. The largest absolute Gasteiger partial charge is 0.363 e. The SMILES string of the molecule is CCCCN(C)S(=O)(=O)NCc1ccc(N(C)C)nc1. The molecule has 1 N–H and O–H groups in total. The Hall–Kier alpha value is -1.18. The lowest BCUT2D eigenvalue weighted by molar-refractivity contribution is 0.448. The number of nitrogens with zero attached hydrogens (tertiary/aromatic N) is 3. The first-order valence-electron chi connectivity index (χ1n) is 6.70. The summed E-state index contributed by atoms with van der Waals surface area (Å²) in [6, 6.07) is 3.74. The Labute approximate surface area is 122 Å². The van der Waals surface area contributed by atoms with Crippen LogP contribution in [0.3, 0.4) is 0 Å². The number of unbranched alkanes of at least 4 members (excludes halogenated alkanes) is 1. The fourth-order valence-corrected chi connectivity index (χ4v) is 2.51. The van der Waals surface area contributed by atoms with E-state index in [0.717, 1.165) is 24.2 Å². The zero-order chi connectivity index (χ0) is 15.2. The minimum Gasteiger partial charge on any atom is -0.363 e. The smallest absolute Gasteiger partial charge is 0.279 e. The van der Waals surface area contributed by atoms with E-state index in [2.05, 4.69) is 9.71 Å². The Balaban J connectivity index is 2.57. The minimum absolute atomic E-state index is 0.250. The van der Waals surface area contributed by atoms with Crippen molar-refractivity contribution in [2.45, 2.75) is 26.3 Å². The molecular weight excluding hydrogens is 276 g/mol. The third-order valence-corrected chi connectivity index (χ3v) is 4.48. The zero-order valence-electron chi connectivity index (χ0n) is 12.6. The summed E-state index contributed by atoms with van der Waals surface area (Å²) in [4.78, 5) is 6.15. The van der Waals surface area contributed by atoms with E-state index >= 15 is 0 Å². The van der Waals surface area contributed by atoms with E-state index in [4.69, 9.17) is 0 Å². The zero-order valence-corrected chi connectivity index (χ0v) is 13.4. The number of hydrogen-bond acceptors (Lipinski definition) is 4. The topological polar surface area (TPSA) is 65.5 Å². The molecule has 6 nitrogen and oxygen atoms in total. The predicted molar refractivity (Wildman–Crippen MR) is 81.9 cm³/mol. The van der Waals surface area contributed by atoms with Crippen LogP contribution in [0.2, 0.25) is 0 Å². The maximum Gasteiger partial charge on any atom is 0.279 e. The summed E-state index contributed by atoms with van der Waals surface area (Å²) in [5.74, 6) is 0.844. The first-order valence-corrected chi connectivity index (χ1v) is 8.14. The van der Waals surface area contributed by atoms with Gasteiger partial charge in [-0.15, -0.1) is 0 Å². The lowest BCUT2D eigenvalue weighted by Gasteiger charge is -2.17. The molecule has 0 unspecified atom stereocenters. The number of aromatic nitrogens is 1. The van der Waals surface area contributed by atoms with Crippen molar-refractivity contribution in [1.82, 2.24) is 14.0 Å². The second-order valence-electron chi connectivity index (χ2n) is 4.92. The van der Waals surface area contributed by atoms with Crippen LogP contribution in [0.1, 0.15) is 25.3 Å². The van der Waals surface area contributed by atoms with Gasteiger partial charge in [-0.1, -0.05) is 19.4 Å². The second-order valence-corrected chi connectivity index (χ2v) is 6.78. The predicted octanol–water partition coefficient (Wildman–Crippen LogP) is 1.21. The van der Waals surface area contributed by atoms with Crippen LogP contribution in [0.25, 0.3) is 0 Å². The van der Waals surface area contributed by atoms with Crippen molar-refractivity contribution < 1.29 is 8.42 Å². The van der Waals surface area contributed by atoms with Crippen molar-refractivity contribution in [3.8, 4) is 0 Å². The van der Waals surface area contributed by atoms with E-state index in [9.17, 15) is 8.42 Å². The van der Waals surface area contributed by atoms with Gasteiger partial charge in [0.2, 0.25) is 0 Å². The average molecular weight is 300 g/mol. The second kappa shape index (κ2) is 7.56. The Morgan fingerprint density at radius 1 is 1.25 bits per heavy atom. The Morgan fingerprint density at radius 3 is 2.45 bits per heavy atom. The van der Waals surface area contributed by atoms with Crippen LogP contribution >= 0.6 is 0 Å².